The molecule has 0 saturated carbocycles. The summed E-state index contributed by atoms with van der Waals surface area (Å²) in [5.41, 5.74) is 0. The lowest BCUT2D eigenvalue weighted by molar-refractivity contribution is -0.0494. The molecule has 1 aliphatic heterocycles. The fourth-order valence-corrected chi connectivity index (χ4v) is 2.74. The van der Waals surface area contributed by atoms with Crippen molar-refractivity contribution in [1.29, 1.82) is 0 Å². The number of thiophene rings is 1. The molecule has 20 heavy (non-hydrogen) atoms. The van der Waals surface area contributed by atoms with Gasteiger partial charge in [0.2, 0.25) is 0 Å². The van der Waals surface area contributed by atoms with Crippen LogP contribution in [0.25, 0.3) is 0 Å². The molecular weight excluding hydrogens is 282 g/mol. The van der Waals surface area contributed by atoms with E-state index < -0.39 is 5.97 Å². The average Bonchev–Trinajstić information content (AvgIpc) is 3.13. The number of ether oxygens (including phenoxy) is 3. The Hall–Kier alpha value is -1.44. The van der Waals surface area contributed by atoms with Gasteiger partial charge in [-0.25, -0.2) is 4.79 Å². The molecule has 1 aromatic heterocycles. The normalized spacial score (nSPS) is 15.3. The first-order valence-corrected chi connectivity index (χ1v) is 7.10. The van der Waals surface area contributed by atoms with Gasteiger partial charge in [-0.1, -0.05) is 0 Å². The van der Waals surface area contributed by atoms with Crippen LogP contribution >= 0.6 is 11.3 Å². The summed E-state index contributed by atoms with van der Waals surface area (Å²) in [5, 5.41) is 0. The molecule has 0 radical (unpaired) electrons. The minimum Gasteiger partial charge on any atom is -0.465 e. The third-order valence-corrected chi connectivity index (χ3v) is 3.99. The van der Waals surface area contributed by atoms with Crippen LogP contribution in [-0.2, 0) is 14.2 Å². The van der Waals surface area contributed by atoms with Gasteiger partial charge in [0.25, 0.3) is 5.91 Å². The lowest BCUT2D eigenvalue weighted by atomic mass is 10.3. The van der Waals surface area contributed by atoms with Crippen molar-refractivity contribution in [3.8, 4) is 0 Å². The van der Waals surface area contributed by atoms with Gasteiger partial charge in [-0.15, -0.1) is 11.3 Å². The first-order chi connectivity index (χ1) is 9.61. The number of rotatable bonds is 5. The third-order valence-electron chi connectivity index (χ3n) is 2.94. The van der Waals surface area contributed by atoms with E-state index in [9.17, 15) is 9.59 Å². The van der Waals surface area contributed by atoms with Gasteiger partial charge in [-0.2, -0.15) is 0 Å². The topological polar surface area (TPSA) is 65.1 Å². The second-order valence-corrected chi connectivity index (χ2v) is 5.43. The quantitative estimate of drug-likeness (QED) is 0.768. The minimum atomic E-state index is -0.426. The molecule has 1 aliphatic rings. The fourth-order valence-electron chi connectivity index (χ4n) is 1.83. The number of amides is 1. The Kier molecular flexibility index (Phi) is 5.11. The fraction of sp³-hybridized carbons (Fsp3) is 0.538. The molecule has 0 unspecified atom stereocenters. The molecule has 2 rings (SSSR count). The van der Waals surface area contributed by atoms with E-state index >= 15 is 0 Å². The largest absolute Gasteiger partial charge is 0.465 e. The highest BCUT2D eigenvalue weighted by Gasteiger charge is 2.20. The predicted molar refractivity (Wildman–Crippen MR) is 72.9 cm³/mol. The van der Waals surface area contributed by atoms with Gasteiger partial charge in [-0.05, 0) is 12.1 Å². The number of nitrogens with zero attached hydrogens (tertiary/aromatic N) is 1. The van der Waals surface area contributed by atoms with Crippen LogP contribution in [0.1, 0.15) is 25.8 Å². The van der Waals surface area contributed by atoms with E-state index in [1.807, 2.05) is 0 Å². The maximum atomic E-state index is 12.2. The molecule has 1 aromatic rings. The molecule has 1 fully saturated rings. The summed E-state index contributed by atoms with van der Waals surface area (Å²) in [6.45, 7) is 1.75. The molecule has 2 heterocycles. The van der Waals surface area contributed by atoms with Crippen LogP contribution in [0.5, 0.6) is 0 Å². The van der Waals surface area contributed by atoms with Crippen molar-refractivity contribution < 1.29 is 23.8 Å². The first-order valence-electron chi connectivity index (χ1n) is 6.28. The molecule has 1 amide bonds. The maximum absolute atomic E-state index is 12.2. The monoisotopic (exact) mass is 299 g/mol. The second kappa shape index (κ2) is 6.83. The van der Waals surface area contributed by atoms with Gasteiger partial charge in [0.05, 0.1) is 25.2 Å². The van der Waals surface area contributed by atoms with Crippen molar-refractivity contribution in [2.24, 2.45) is 0 Å². The molecule has 0 N–H and O–H groups in total. The van der Waals surface area contributed by atoms with Crippen molar-refractivity contribution in [3.63, 3.8) is 0 Å². The minimum absolute atomic E-state index is 0.122. The Bertz CT molecular complexity index is 481. The van der Waals surface area contributed by atoms with Crippen molar-refractivity contribution >= 4 is 23.2 Å². The Morgan fingerprint density at radius 2 is 2.00 bits per heavy atom. The molecule has 7 heteroatoms. The van der Waals surface area contributed by atoms with E-state index in [0.717, 1.165) is 11.3 Å². The number of carbonyl (C=O) groups excluding carboxylic acids is 2. The van der Waals surface area contributed by atoms with Crippen molar-refractivity contribution in [2.75, 3.05) is 33.9 Å². The van der Waals surface area contributed by atoms with E-state index in [2.05, 4.69) is 4.74 Å². The third kappa shape index (κ3) is 3.56. The molecule has 110 valence electrons. The summed E-state index contributed by atoms with van der Waals surface area (Å²) >= 11 is 1.13. The SMILES string of the molecule is COC(=O)c1ccc(C(=O)N(C)CCC2OCCO2)s1. The Labute approximate surface area is 121 Å². The van der Waals surface area contributed by atoms with Gasteiger partial charge >= 0.3 is 5.97 Å². The zero-order valence-corrected chi connectivity index (χ0v) is 12.3. The van der Waals surface area contributed by atoms with E-state index in [0.29, 0.717) is 35.9 Å². The number of hydrogen-bond donors (Lipinski definition) is 0. The lowest BCUT2D eigenvalue weighted by Crippen LogP contribution is -2.29. The van der Waals surface area contributed by atoms with Crippen molar-refractivity contribution in [2.45, 2.75) is 12.7 Å². The van der Waals surface area contributed by atoms with Crippen LogP contribution in [0.2, 0.25) is 0 Å². The molecule has 0 atom stereocenters. The van der Waals surface area contributed by atoms with Gasteiger partial charge in [0, 0.05) is 20.0 Å². The highest BCUT2D eigenvalue weighted by Crippen LogP contribution is 2.19. The average molecular weight is 299 g/mol. The van der Waals surface area contributed by atoms with E-state index in [1.165, 1.54) is 7.11 Å². The highest BCUT2D eigenvalue weighted by molar-refractivity contribution is 7.15. The number of carbonyl (C=O) groups is 2. The Balaban J connectivity index is 1.88. The summed E-state index contributed by atoms with van der Waals surface area (Å²) < 4.78 is 15.3. The van der Waals surface area contributed by atoms with E-state index in [1.54, 1.807) is 24.1 Å². The molecular formula is C13H17NO5S. The summed E-state index contributed by atoms with van der Waals surface area (Å²) in [6, 6.07) is 3.24. The zero-order chi connectivity index (χ0) is 14.5. The molecule has 6 nitrogen and oxygen atoms in total. The van der Waals surface area contributed by atoms with Crippen LogP contribution in [0.3, 0.4) is 0 Å². The molecule has 0 spiro atoms. The first kappa shape index (κ1) is 15.0. The van der Waals surface area contributed by atoms with Crippen molar-refractivity contribution in [1.82, 2.24) is 4.90 Å². The van der Waals surface area contributed by atoms with Crippen LogP contribution in [-0.4, -0.2) is 57.0 Å². The van der Waals surface area contributed by atoms with E-state index in [-0.39, 0.29) is 12.2 Å². The molecule has 1 saturated heterocycles. The molecule has 0 aliphatic carbocycles. The maximum Gasteiger partial charge on any atom is 0.348 e. The highest BCUT2D eigenvalue weighted by atomic mass is 32.1. The zero-order valence-electron chi connectivity index (χ0n) is 11.5. The number of esters is 1. The van der Waals surface area contributed by atoms with Crippen LogP contribution < -0.4 is 0 Å². The Morgan fingerprint density at radius 3 is 2.65 bits per heavy atom. The van der Waals surface area contributed by atoms with Crippen molar-refractivity contribution in [3.05, 3.63) is 21.9 Å². The molecule has 0 aromatic carbocycles. The van der Waals surface area contributed by atoms with Crippen LogP contribution in [0.4, 0.5) is 0 Å². The summed E-state index contributed by atoms with van der Waals surface area (Å²) in [7, 11) is 3.03. The van der Waals surface area contributed by atoms with Gasteiger partial charge in [-0.3, -0.25) is 4.79 Å². The lowest BCUT2D eigenvalue weighted by Gasteiger charge is -2.18. The van der Waals surface area contributed by atoms with Gasteiger partial charge in [0.15, 0.2) is 6.29 Å². The summed E-state index contributed by atoms with van der Waals surface area (Å²) in [6.07, 6.45) is 0.413. The van der Waals surface area contributed by atoms with E-state index in [4.69, 9.17) is 9.47 Å². The predicted octanol–water partition coefficient (Wildman–Crippen LogP) is 1.37. The second-order valence-electron chi connectivity index (χ2n) is 4.34. The standard InChI is InChI=1S/C13H17NO5S/c1-14(6-5-11-18-7-8-19-11)12(15)9-3-4-10(20-9)13(16)17-2/h3-4,11H,5-8H2,1-2H3. The summed E-state index contributed by atoms with van der Waals surface area (Å²) in [4.78, 5) is 26.1. The smallest absolute Gasteiger partial charge is 0.348 e. The molecule has 0 bridgehead atoms. The van der Waals surface area contributed by atoms with Gasteiger partial charge in [0.1, 0.15) is 4.88 Å². The summed E-state index contributed by atoms with van der Waals surface area (Å²) in [5.74, 6) is -0.549. The number of methoxy groups -OCH3 is 1. The van der Waals surface area contributed by atoms with Crippen LogP contribution in [0.15, 0.2) is 12.1 Å². The van der Waals surface area contributed by atoms with Crippen LogP contribution in [0, 0.1) is 0 Å². The Morgan fingerprint density at radius 1 is 1.35 bits per heavy atom. The van der Waals surface area contributed by atoms with Gasteiger partial charge < -0.3 is 19.1 Å². The number of hydrogen-bond acceptors (Lipinski definition) is 6.